The predicted octanol–water partition coefficient (Wildman–Crippen LogP) is 7.46. The molecule has 3 rings (SSSR count). The summed E-state index contributed by atoms with van der Waals surface area (Å²) >= 11 is 0. The molecular weight excluding hydrogens is 432 g/mol. The monoisotopic (exact) mass is 474 g/mol. The van der Waals surface area contributed by atoms with Crippen LogP contribution in [0.25, 0.3) is 0 Å². The molecule has 6 heteroatoms. The smallest absolute Gasteiger partial charge is 0.334 e. The van der Waals surface area contributed by atoms with Crippen LogP contribution in [0.2, 0.25) is 36.3 Å². The summed E-state index contributed by atoms with van der Waals surface area (Å²) in [7, 11) is -4.20. The lowest BCUT2D eigenvalue weighted by Gasteiger charge is -2.50. The third-order valence-electron chi connectivity index (χ3n) is 8.10. The maximum absolute atomic E-state index is 12.7. The van der Waals surface area contributed by atoms with Gasteiger partial charge in [0.25, 0.3) is 0 Å². The van der Waals surface area contributed by atoms with Crippen LogP contribution in [0.15, 0.2) is 35.9 Å². The van der Waals surface area contributed by atoms with Crippen LogP contribution in [0, 0.1) is 0 Å². The summed E-state index contributed by atoms with van der Waals surface area (Å²) in [4.78, 5) is 12.7. The van der Waals surface area contributed by atoms with Crippen molar-refractivity contribution < 1.29 is 18.4 Å². The Hall–Kier alpha value is -1.22. The van der Waals surface area contributed by atoms with Gasteiger partial charge in [0.15, 0.2) is 22.2 Å². The maximum atomic E-state index is 12.7. The molecule has 1 aliphatic heterocycles. The van der Waals surface area contributed by atoms with E-state index in [9.17, 15) is 4.79 Å². The standard InChI is InChI=1S/C26H42O4Si2/c1-18-16-26(28-23(18)27)17-21(29-31(8,9)24(2,3)4)19-14-12-13-15-20(19)22(26)30-32(10,11)25(5,6)7/h12-16,21-22H,17H2,1-11H3/t21-,22-,26-/m1/s1. The van der Waals surface area contributed by atoms with Crippen LogP contribution in [-0.4, -0.2) is 28.2 Å². The third kappa shape index (κ3) is 4.43. The Morgan fingerprint density at radius 3 is 1.88 bits per heavy atom. The van der Waals surface area contributed by atoms with E-state index in [-0.39, 0.29) is 28.3 Å². The zero-order valence-corrected chi connectivity index (χ0v) is 23.9. The van der Waals surface area contributed by atoms with Crippen molar-refractivity contribution in [2.75, 3.05) is 0 Å². The SMILES string of the molecule is CC1=C[C@]2(C[C@@H](O[Si](C)(C)C(C)(C)C)c3ccccc3[C@H]2O[Si](C)(C)C(C)(C)C)OC1=O. The van der Waals surface area contributed by atoms with E-state index < -0.39 is 22.2 Å². The second kappa shape index (κ2) is 7.93. The molecule has 0 radical (unpaired) electrons. The van der Waals surface area contributed by atoms with Crippen LogP contribution >= 0.6 is 0 Å². The van der Waals surface area contributed by atoms with E-state index in [2.05, 4.69) is 92.0 Å². The Labute approximate surface area is 197 Å². The highest BCUT2D eigenvalue weighted by Gasteiger charge is 2.56. The number of hydrogen-bond donors (Lipinski definition) is 0. The highest BCUT2D eigenvalue weighted by Crippen LogP contribution is 2.55. The van der Waals surface area contributed by atoms with Crippen molar-refractivity contribution in [2.24, 2.45) is 0 Å². The van der Waals surface area contributed by atoms with Crippen LogP contribution in [0.1, 0.15) is 78.2 Å². The van der Waals surface area contributed by atoms with Crippen molar-refractivity contribution in [1.82, 2.24) is 0 Å². The second-order valence-electron chi connectivity index (χ2n) is 12.6. The molecule has 1 spiro atoms. The molecule has 0 amide bonds. The number of esters is 1. The number of rotatable bonds is 4. The Morgan fingerprint density at radius 1 is 0.906 bits per heavy atom. The van der Waals surface area contributed by atoms with Crippen LogP contribution in [0.3, 0.4) is 0 Å². The highest BCUT2D eigenvalue weighted by molar-refractivity contribution is 6.74. The van der Waals surface area contributed by atoms with E-state index >= 15 is 0 Å². The lowest BCUT2D eigenvalue weighted by atomic mass is 9.76. The summed E-state index contributed by atoms with van der Waals surface area (Å²) in [5.74, 6) is -0.251. The summed E-state index contributed by atoms with van der Waals surface area (Å²) in [6, 6.07) is 8.42. The van der Waals surface area contributed by atoms with Gasteiger partial charge in [-0.3, -0.25) is 0 Å². The van der Waals surface area contributed by atoms with Crippen molar-refractivity contribution >= 4 is 22.6 Å². The summed E-state index contributed by atoms with van der Waals surface area (Å²) in [6.07, 6.45) is 2.12. The van der Waals surface area contributed by atoms with Crippen LogP contribution in [0.4, 0.5) is 0 Å². The zero-order chi connectivity index (χ0) is 24.3. The van der Waals surface area contributed by atoms with Gasteiger partial charge < -0.3 is 13.6 Å². The highest BCUT2D eigenvalue weighted by atomic mass is 28.4. The Bertz CT molecular complexity index is 920. The third-order valence-corrected chi connectivity index (χ3v) is 17.0. The molecule has 0 saturated carbocycles. The van der Waals surface area contributed by atoms with Gasteiger partial charge in [0, 0.05) is 12.0 Å². The van der Waals surface area contributed by atoms with Gasteiger partial charge in [-0.2, -0.15) is 0 Å². The second-order valence-corrected chi connectivity index (χ2v) is 22.1. The van der Waals surface area contributed by atoms with Crippen molar-refractivity contribution in [3.63, 3.8) is 0 Å². The summed E-state index contributed by atoms with van der Waals surface area (Å²) in [5.41, 5.74) is 2.07. The van der Waals surface area contributed by atoms with E-state index in [1.54, 1.807) is 0 Å². The summed E-state index contributed by atoms with van der Waals surface area (Å²) in [6.45, 7) is 24.4. The van der Waals surface area contributed by atoms with Crippen molar-refractivity contribution in [2.45, 2.75) is 109 Å². The molecule has 0 fully saturated rings. The van der Waals surface area contributed by atoms with E-state index in [1.165, 1.54) is 5.56 Å². The first-order chi connectivity index (χ1) is 14.4. The molecule has 1 aliphatic carbocycles. The molecule has 1 heterocycles. The molecule has 0 aromatic heterocycles. The Balaban J connectivity index is 2.15. The maximum Gasteiger partial charge on any atom is 0.334 e. The molecule has 1 aromatic carbocycles. The molecule has 4 nitrogen and oxygen atoms in total. The quantitative estimate of drug-likeness (QED) is 0.335. The van der Waals surface area contributed by atoms with Crippen LogP contribution in [-0.2, 0) is 18.4 Å². The Morgan fingerprint density at radius 2 is 1.41 bits per heavy atom. The van der Waals surface area contributed by atoms with Crippen molar-refractivity contribution in [1.29, 1.82) is 0 Å². The number of carbonyl (C=O) groups is 1. The minimum Gasteiger partial charge on any atom is -0.448 e. The van der Waals surface area contributed by atoms with Gasteiger partial charge >= 0.3 is 5.97 Å². The van der Waals surface area contributed by atoms with E-state index in [4.69, 9.17) is 13.6 Å². The number of hydrogen-bond acceptors (Lipinski definition) is 4. The van der Waals surface area contributed by atoms with Crippen molar-refractivity contribution in [3.05, 3.63) is 47.0 Å². The van der Waals surface area contributed by atoms with Gasteiger partial charge in [0.05, 0.1) is 6.10 Å². The zero-order valence-electron chi connectivity index (χ0n) is 21.9. The molecule has 0 bridgehead atoms. The summed E-state index contributed by atoms with van der Waals surface area (Å²) in [5, 5.41) is 0.126. The molecule has 0 saturated heterocycles. The molecular formula is C26H42O4Si2. The number of ether oxygens (including phenoxy) is 1. The number of benzene rings is 1. The normalized spacial score (nSPS) is 26.7. The van der Waals surface area contributed by atoms with Gasteiger partial charge in [-0.15, -0.1) is 0 Å². The Kier molecular flexibility index (Phi) is 6.30. The van der Waals surface area contributed by atoms with E-state index in [0.717, 1.165) is 5.56 Å². The molecule has 2 aliphatic rings. The lowest BCUT2D eigenvalue weighted by Crippen LogP contribution is -2.52. The van der Waals surface area contributed by atoms with Gasteiger partial charge in [0.2, 0.25) is 0 Å². The molecule has 0 N–H and O–H groups in total. The lowest BCUT2D eigenvalue weighted by molar-refractivity contribution is -0.160. The molecule has 1 aromatic rings. The minimum atomic E-state index is -2.15. The number of fused-ring (bicyclic) bond motifs is 1. The molecule has 178 valence electrons. The average Bonchev–Trinajstić information content (AvgIpc) is 2.90. The van der Waals surface area contributed by atoms with Gasteiger partial charge in [-0.25, -0.2) is 4.79 Å². The fraction of sp³-hybridized carbons (Fsp3) is 0.654. The fourth-order valence-electron chi connectivity index (χ4n) is 4.02. The van der Waals surface area contributed by atoms with Gasteiger partial charge in [-0.05, 0) is 60.4 Å². The van der Waals surface area contributed by atoms with Crippen LogP contribution in [0.5, 0.6) is 0 Å². The fourth-order valence-corrected chi connectivity index (χ4v) is 6.57. The van der Waals surface area contributed by atoms with E-state index in [0.29, 0.717) is 12.0 Å². The first-order valence-electron chi connectivity index (χ1n) is 11.8. The summed E-state index contributed by atoms with van der Waals surface area (Å²) < 4.78 is 20.1. The topological polar surface area (TPSA) is 44.8 Å². The largest absolute Gasteiger partial charge is 0.448 e. The number of carbonyl (C=O) groups excluding carboxylic acids is 1. The molecule has 32 heavy (non-hydrogen) atoms. The average molecular weight is 475 g/mol. The van der Waals surface area contributed by atoms with E-state index in [1.807, 2.05) is 13.0 Å². The van der Waals surface area contributed by atoms with Crippen molar-refractivity contribution in [3.8, 4) is 0 Å². The molecule has 3 atom stereocenters. The minimum absolute atomic E-state index is 0.0407. The van der Waals surface area contributed by atoms with Gasteiger partial charge in [0.1, 0.15) is 6.10 Å². The first kappa shape index (κ1) is 25.4. The molecule has 0 unspecified atom stereocenters. The first-order valence-corrected chi connectivity index (χ1v) is 17.6. The predicted molar refractivity (Wildman–Crippen MR) is 136 cm³/mol. The van der Waals surface area contributed by atoms with Gasteiger partial charge in [-0.1, -0.05) is 65.8 Å². The van der Waals surface area contributed by atoms with Crippen LogP contribution < -0.4 is 0 Å².